The van der Waals surface area contributed by atoms with Crippen LogP contribution in [0.5, 0.6) is 0 Å². The number of aliphatic hydroxyl groups is 3. The quantitative estimate of drug-likeness (QED) is 0.447. The van der Waals surface area contributed by atoms with Crippen molar-refractivity contribution in [2.75, 3.05) is 6.54 Å². The molecule has 9 aliphatic rings. The summed E-state index contributed by atoms with van der Waals surface area (Å²) in [5.41, 5.74) is -1.07. The maximum atomic E-state index is 12.2. The van der Waals surface area contributed by atoms with Crippen molar-refractivity contribution in [2.24, 2.45) is 34.0 Å². The second kappa shape index (κ2) is 4.25. The minimum atomic E-state index is -1.20. The lowest BCUT2D eigenvalue weighted by Crippen LogP contribution is -2.76. The molecule has 3 saturated heterocycles. The summed E-state index contributed by atoms with van der Waals surface area (Å²) in [6.45, 7) is 8.85. The average molecular weight is 387 g/mol. The van der Waals surface area contributed by atoms with Gasteiger partial charge in [0, 0.05) is 48.2 Å². The summed E-state index contributed by atoms with van der Waals surface area (Å²) in [5.74, 6) is -0.379. The topological polar surface area (TPSA) is 90.2 Å². The van der Waals surface area contributed by atoms with Crippen LogP contribution >= 0.6 is 0 Å². The Morgan fingerprint density at radius 2 is 2.00 bits per heavy atom. The molecule has 6 heteroatoms. The molecular weight excluding hydrogens is 358 g/mol. The highest BCUT2D eigenvalue weighted by molar-refractivity contribution is 5.66. The number of nitrogens with zero attached hydrogens (tertiary/aromatic N) is 1. The molecule has 9 rings (SSSR count). The lowest BCUT2D eigenvalue weighted by atomic mass is 9.39. The van der Waals surface area contributed by atoms with E-state index >= 15 is 0 Å². The van der Waals surface area contributed by atoms with Crippen LogP contribution in [-0.4, -0.2) is 68.7 Å². The number of piperidine rings is 2. The zero-order valence-corrected chi connectivity index (χ0v) is 16.5. The SMILES string of the molecule is C=C1C[C@@]23CC4C5C6(C)C[C@H](OC(C)=O)CC57C2C(O)C1[C@@H](O)[C@]3(O)[C@H]7N4C6. The number of carbonyl (C=O) groups excluding carboxylic acids is 1. The first-order valence-corrected chi connectivity index (χ1v) is 10.8. The van der Waals surface area contributed by atoms with Crippen molar-refractivity contribution in [1.82, 2.24) is 4.90 Å². The monoisotopic (exact) mass is 387 g/mol. The first kappa shape index (κ1) is 16.8. The van der Waals surface area contributed by atoms with Gasteiger partial charge in [0.25, 0.3) is 0 Å². The van der Waals surface area contributed by atoms with Gasteiger partial charge in [-0.1, -0.05) is 19.1 Å². The van der Waals surface area contributed by atoms with Crippen LogP contribution in [0.1, 0.15) is 39.5 Å². The van der Waals surface area contributed by atoms with Gasteiger partial charge in [-0.15, -0.1) is 0 Å². The predicted octanol–water partition coefficient (Wildman–Crippen LogP) is 0.450. The fraction of sp³-hybridized carbons (Fsp3) is 0.864. The second-order valence-electron chi connectivity index (χ2n) is 11.5. The van der Waals surface area contributed by atoms with Gasteiger partial charge in [0.1, 0.15) is 11.7 Å². The lowest BCUT2D eigenvalue weighted by Gasteiger charge is -2.67. The zero-order valence-electron chi connectivity index (χ0n) is 16.5. The Bertz CT molecular complexity index is 860. The highest BCUT2D eigenvalue weighted by Crippen LogP contribution is 2.88. The van der Waals surface area contributed by atoms with E-state index < -0.39 is 29.1 Å². The minimum absolute atomic E-state index is 0.0237. The predicted molar refractivity (Wildman–Crippen MR) is 97.9 cm³/mol. The van der Waals surface area contributed by atoms with Crippen LogP contribution in [0, 0.1) is 34.0 Å². The molecule has 28 heavy (non-hydrogen) atoms. The molecule has 2 spiro atoms. The summed E-state index contributed by atoms with van der Waals surface area (Å²) in [4.78, 5) is 14.3. The van der Waals surface area contributed by atoms with Gasteiger partial charge in [0.15, 0.2) is 0 Å². The third-order valence-electron chi connectivity index (χ3n) is 10.6. The van der Waals surface area contributed by atoms with E-state index in [1.807, 2.05) is 0 Å². The summed E-state index contributed by atoms with van der Waals surface area (Å²) >= 11 is 0. The summed E-state index contributed by atoms with van der Waals surface area (Å²) in [7, 11) is 0. The van der Waals surface area contributed by atoms with Crippen LogP contribution in [-0.2, 0) is 9.53 Å². The first-order chi connectivity index (χ1) is 13.1. The molecule has 13 atom stereocenters. The van der Waals surface area contributed by atoms with Crippen molar-refractivity contribution in [3.8, 4) is 0 Å². The molecule has 0 aromatic rings. The molecule has 6 saturated carbocycles. The van der Waals surface area contributed by atoms with E-state index in [1.54, 1.807) is 0 Å². The number of hydrogen-bond acceptors (Lipinski definition) is 6. The van der Waals surface area contributed by atoms with Gasteiger partial charge in [-0.2, -0.15) is 0 Å². The van der Waals surface area contributed by atoms with Crippen molar-refractivity contribution >= 4 is 5.97 Å². The Labute approximate surface area is 164 Å². The molecule has 6 aliphatic carbocycles. The molecule has 3 aliphatic heterocycles. The van der Waals surface area contributed by atoms with Gasteiger partial charge < -0.3 is 20.1 Å². The smallest absolute Gasteiger partial charge is 0.302 e. The maximum Gasteiger partial charge on any atom is 0.302 e. The fourth-order valence-electron chi connectivity index (χ4n) is 11.0. The standard InChI is InChI=1S/C22H29NO5/c1-9-4-20-7-12-15-19(3)5-11(28-10(2)24)6-21(15)16(20)14(25)13(9)17(26)22(20,27)18(21)23(12)8-19/h11-18,25-27H,1,4-8H2,2-3H3/t11-,12?,13?,14?,15?,16?,17+,18-,19?,20+,21?,22-/m0/s1. The highest BCUT2D eigenvalue weighted by atomic mass is 16.5. The van der Waals surface area contributed by atoms with Gasteiger partial charge in [0.05, 0.1) is 12.2 Å². The lowest BCUT2D eigenvalue weighted by molar-refractivity contribution is -0.280. The summed E-state index contributed by atoms with van der Waals surface area (Å²) < 4.78 is 5.75. The molecule has 0 amide bonds. The van der Waals surface area contributed by atoms with Crippen LogP contribution in [0.15, 0.2) is 12.2 Å². The molecule has 3 heterocycles. The number of hydrogen-bond donors (Lipinski definition) is 3. The Morgan fingerprint density at radius 3 is 2.71 bits per heavy atom. The van der Waals surface area contributed by atoms with Gasteiger partial charge in [-0.05, 0) is 37.0 Å². The number of carbonyl (C=O) groups is 1. The molecule has 8 unspecified atom stereocenters. The molecule has 3 N–H and O–H groups in total. The van der Waals surface area contributed by atoms with Crippen LogP contribution < -0.4 is 0 Å². The number of esters is 1. The third-order valence-corrected chi connectivity index (χ3v) is 10.6. The van der Waals surface area contributed by atoms with Crippen LogP contribution in [0.25, 0.3) is 0 Å². The van der Waals surface area contributed by atoms with Crippen molar-refractivity contribution in [1.29, 1.82) is 0 Å². The van der Waals surface area contributed by atoms with E-state index in [-0.39, 0.29) is 34.9 Å². The molecule has 9 fully saturated rings. The summed E-state index contributed by atoms with van der Waals surface area (Å²) in [6, 6.07) is 0.245. The molecular formula is C22H29NO5. The van der Waals surface area contributed by atoms with Crippen LogP contribution in [0.3, 0.4) is 0 Å². The van der Waals surface area contributed by atoms with Crippen molar-refractivity contribution in [3.63, 3.8) is 0 Å². The average Bonchev–Trinajstić information content (AvgIpc) is 2.97. The van der Waals surface area contributed by atoms with Gasteiger partial charge in [-0.25, -0.2) is 0 Å². The zero-order chi connectivity index (χ0) is 19.6. The Morgan fingerprint density at radius 1 is 1.25 bits per heavy atom. The second-order valence-corrected chi connectivity index (χ2v) is 11.5. The highest BCUT2D eigenvalue weighted by Gasteiger charge is 2.94. The van der Waals surface area contributed by atoms with E-state index in [0.29, 0.717) is 24.8 Å². The molecule has 152 valence electrons. The third kappa shape index (κ3) is 1.26. The van der Waals surface area contributed by atoms with Crippen LogP contribution in [0.2, 0.25) is 0 Å². The Hall–Kier alpha value is -0.950. The van der Waals surface area contributed by atoms with E-state index in [2.05, 4.69) is 18.4 Å². The van der Waals surface area contributed by atoms with Gasteiger partial charge >= 0.3 is 5.97 Å². The van der Waals surface area contributed by atoms with E-state index in [1.165, 1.54) is 6.92 Å². The molecule has 0 aromatic carbocycles. The minimum Gasteiger partial charge on any atom is -0.463 e. The summed E-state index contributed by atoms with van der Waals surface area (Å²) in [5, 5.41) is 35.1. The Balaban J connectivity index is 1.49. The number of rotatable bonds is 1. The van der Waals surface area contributed by atoms with Crippen molar-refractivity contribution in [2.45, 2.75) is 75.5 Å². The molecule has 0 radical (unpaired) electrons. The van der Waals surface area contributed by atoms with Crippen molar-refractivity contribution < 1.29 is 24.9 Å². The first-order valence-electron chi connectivity index (χ1n) is 10.8. The van der Waals surface area contributed by atoms with Gasteiger partial charge in [-0.3, -0.25) is 9.69 Å². The van der Waals surface area contributed by atoms with E-state index in [0.717, 1.165) is 25.0 Å². The van der Waals surface area contributed by atoms with Gasteiger partial charge in [0.2, 0.25) is 0 Å². The normalized spacial score (nSPS) is 69.3. The molecule has 6 nitrogen and oxygen atoms in total. The molecule has 0 aromatic heterocycles. The Kier molecular flexibility index (Phi) is 2.55. The number of ether oxygens (including phenoxy) is 1. The fourth-order valence-corrected chi connectivity index (χ4v) is 11.0. The van der Waals surface area contributed by atoms with Crippen molar-refractivity contribution in [3.05, 3.63) is 12.2 Å². The number of fused-ring (bicyclic) bond motifs is 1. The number of aliphatic hydroxyl groups excluding tert-OH is 2. The molecule has 9 bridgehead atoms. The van der Waals surface area contributed by atoms with Crippen LogP contribution in [0.4, 0.5) is 0 Å². The largest absolute Gasteiger partial charge is 0.463 e. The summed E-state index contributed by atoms with van der Waals surface area (Å²) in [6.07, 6.45) is 1.27. The van der Waals surface area contributed by atoms with E-state index in [4.69, 9.17) is 4.74 Å². The van der Waals surface area contributed by atoms with E-state index in [9.17, 15) is 20.1 Å². The maximum absolute atomic E-state index is 12.2.